The molecule has 0 aliphatic carbocycles. The SMILES string of the molecule is COc1ccc(C)cc1C(=O)OC/C(O)=C(\C#N)c1nc2ccccc2n1C. The lowest BCUT2D eigenvalue weighted by Crippen LogP contribution is -2.11. The first-order valence-electron chi connectivity index (χ1n) is 8.52. The van der Waals surface area contributed by atoms with Gasteiger partial charge in [-0.25, -0.2) is 9.78 Å². The number of aliphatic hydroxyl groups excluding tert-OH is 1. The highest BCUT2D eigenvalue weighted by Crippen LogP contribution is 2.23. The molecule has 3 rings (SSSR count). The number of rotatable bonds is 5. The Morgan fingerprint density at radius 3 is 2.71 bits per heavy atom. The molecule has 0 aliphatic rings. The maximum Gasteiger partial charge on any atom is 0.342 e. The van der Waals surface area contributed by atoms with E-state index in [0.717, 1.165) is 11.1 Å². The van der Waals surface area contributed by atoms with Crippen LogP contribution in [-0.4, -0.2) is 34.3 Å². The summed E-state index contributed by atoms with van der Waals surface area (Å²) < 4.78 is 12.1. The first-order valence-corrected chi connectivity index (χ1v) is 8.52. The number of allylic oxidation sites excluding steroid dienone is 1. The molecule has 0 spiro atoms. The number of benzene rings is 2. The van der Waals surface area contributed by atoms with Gasteiger partial charge in [0.05, 0.1) is 18.1 Å². The van der Waals surface area contributed by atoms with Gasteiger partial charge >= 0.3 is 5.97 Å². The van der Waals surface area contributed by atoms with E-state index in [4.69, 9.17) is 9.47 Å². The van der Waals surface area contributed by atoms with Crippen LogP contribution in [0.4, 0.5) is 0 Å². The van der Waals surface area contributed by atoms with Crippen molar-refractivity contribution in [2.75, 3.05) is 13.7 Å². The molecule has 1 N–H and O–H groups in total. The number of hydrogen-bond acceptors (Lipinski definition) is 6. The third kappa shape index (κ3) is 3.53. The topological polar surface area (TPSA) is 97.4 Å². The molecular formula is C21H19N3O4. The Morgan fingerprint density at radius 1 is 1.29 bits per heavy atom. The second-order valence-corrected chi connectivity index (χ2v) is 6.20. The fraction of sp³-hybridized carbons (Fsp3) is 0.190. The first kappa shape index (κ1) is 19.0. The van der Waals surface area contributed by atoms with Gasteiger partial charge in [0.25, 0.3) is 0 Å². The van der Waals surface area contributed by atoms with Gasteiger partial charge in [-0.05, 0) is 31.2 Å². The van der Waals surface area contributed by atoms with E-state index in [1.54, 1.807) is 23.7 Å². The summed E-state index contributed by atoms with van der Waals surface area (Å²) in [6, 6.07) is 14.4. The molecule has 1 heterocycles. The second kappa shape index (κ2) is 7.84. The van der Waals surface area contributed by atoms with E-state index in [0.29, 0.717) is 17.1 Å². The van der Waals surface area contributed by atoms with E-state index in [1.165, 1.54) is 7.11 Å². The average Bonchev–Trinajstić information content (AvgIpc) is 3.03. The van der Waals surface area contributed by atoms with Crippen LogP contribution in [0.5, 0.6) is 5.75 Å². The van der Waals surface area contributed by atoms with Gasteiger partial charge in [0.1, 0.15) is 29.6 Å². The number of imidazole rings is 1. The van der Waals surface area contributed by atoms with Gasteiger partial charge in [-0.15, -0.1) is 0 Å². The quantitative estimate of drug-likeness (QED) is 0.415. The fourth-order valence-electron chi connectivity index (χ4n) is 2.88. The Kier molecular flexibility index (Phi) is 5.32. The minimum Gasteiger partial charge on any atom is -0.507 e. The van der Waals surface area contributed by atoms with Crippen LogP contribution in [-0.2, 0) is 11.8 Å². The van der Waals surface area contributed by atoms with Crippen LogP contribution in [0.1, 0.15) is 21.7 Å². The van der Waals surface area contributed by atoms with Crippen molar-refractivity contribution in [3.63, 3.8) is 0 Å². The molecule has 3 aromatic rings. The van der Waals surface area contributed by atoms with Crippen molar-refractivity contribution >= 4 is 22.6 Å². The number of esters is 1. The maximum absolute atomic E-state index is 12.4. The van der Waals surface area contributed by atoms with Gasteiger partial charge in [0.2, 0.25) is 0 Å². The number of para-hydroxylation sites is 2. The number of aromatic nitrogens is 2. The number of nitrogens with zero attached hydrogens (tertiary/aromatic N) is 3. The van der Waals surface area contributed by atoms with Gasteiger partial charge in [-0.3, -0.25) is 0 Å². The van der Waals surface area contributed by atoms with Crippen molar-refractivity contribution in [2.24, 2.45) is 7.05 Å². The second-order valence-electron chi connectivity index (χ2n) is 6.20. The van der Waals surface area contributed by atoms with Gasteiger partial charge < -0.3 is 19.1 Å². The molecule has 2 aromatic carbocycles. The molecule has 0 unspecified atom stereocenters. The van der Waals surface area contributed by atoms with Gasteiger partial charge in [0.15, 0.2) is 11.6 Å². The summed E-state index contributed by atoms with van der Waals surface area (Å²) in [6.07, 6.45) is 0. The highest BCUT2D eigenvalue weighted by atomic mass is 16.5. The van der Waals surface area contributed by atoms with Crippen LogP contribution >= 0.6 is 0 Å². The van der Waals surface area contributed by atoms with E-state index < -0.39 is 12.6 Å². The minimum absolute atomic E-state index is 0.0530. The molecule has 0 fully saturated rings. The molecule has 1 aromatic heterocycles. The highest BCUT2D eigenvalue weighted by Gasteiger charge is 2.19. The molecule has 0 aliphatic heterocycles. The molecule has 0 bridgehead atoms. The van der Waals surface area contributed by atoms with E-state index in [-0.39, 0.29) is 16.9 Å². The first-order chi connectivity index (χ1) is 13.5. The molecule has 0 atom stereocenters. The Morgan fingerprint density at radius 2 is 2.04 bits per heavy atom. The number of carbonyl (C=O) groups is 1. The largest absolute Gasteiger partial charge is 0.507 e. The normalized spacial score (nSPS) is 11.6. The zero-order valence-electron chi connectivity index (χ0n) is 15.8. The monoisotopic (exact) mass is 377 g/mol. The van der Waals surface area contributed by atoms with Crippen LogP contribution in [0.2, 0.25) is 0 Å². The van der Waals surface area contributed by atoms with Crippen molar-refractivity contribution in [3.8, 4) is 11.8 Å². The van der Waals surface area contributed by atoms with E-state index in [2.05, 4.69) is 4.98 Å². The number of fused-ring (bicyclic) bond motifs is 1. The lowest BCUT2D eigenvalue weighted by atomic mass is 10.1. The average molecular weight is 377 g/mol. The zero-order valence-corrected chi connectivity index (χ0v) is 15.8. The van der Waals surface area contributed by atoms with Crippen LogP contribution in [0.3, 0.4) is 0 Å². The Labute approximate surface area is 162 Å². The summed E-state index contributed by atoms with van der Waals surface area (Å²) in [5, 5.41) is 19.9. The van der Waals surface area contributed by atoms with Crippen molar-refractivity contribution in [1.82, 2.24) is 9.55 Å². The van der Waals surface area contributed by atoms with E-state index >= 15 is 0 Å². The van der Waals surface area contributed by atoms with Crippen molar-refractivity contribution in [1.29, 1.82) is 5.26 Å². The summed E-state index contributed by atoms with van der Waals surface area (Å²) in [5.74, 6) is -0.365. The zero-order chi connectivity index (χ0) is 20.3. The standard InChI is InChI=1S/C21H19N3O4/c1-13-8-9-19(27-3)14(10-13)21(26)28-12-18(25)15(11-22)20-23-16-6-4-5-7-17(16)24(20)2/h4-10,25H,12H2,1-3H3/b18-15-. The van der Waals surface area contributed by atoms with Crippen LogP contribution in [0.25, 0.3) is 16.6 Å². The number of aliphatic hydroxyl groups is 1. The number of carbonyl (C=O) groups excluding carboxylic acids is 1. The number of ether oxygens (including phenoxy) is 2. The number of hydrogen-bond donors (Lipinski definition) is 1. The maximum atomic E-state index is 12.4. The van der Waals surface area contributed by atoms with Crippen molar-refractivity contribution in [2.45, 2.75) is 6.92 Å². The highest BCUT2D eigenvalue weighted by molar-refractivity contribution is 5.93. The molecule has 142 valence electrons. The predicted octanol–water partition coefficient (Wildman–Crippen LogP) is 3.54. The summed E-state index contributed by atoms with van der Waals surface area (Å²) in [4.78, 5) is 16.8. The number of methoxy groups -OCH3 is 1. The predicted molar refractivity (Wildman–Crippen MR) is 104 cm³/mol. The summed E-state index contributed by atoms with van der Waals surface area (Å²) in [5.41, 5.74) is 2.57. The molecule has 7 nitrogen and oxygen atoms in total. The summed E-state index contributed by atoms with van der Waals surface area (Å²) in [6.45, 7) is 1.38. The third-order valence-corrected chi connectivity index (χ3v) is 4.33. The molecule has 7 heteroatoms. The van der Waals surface area contributed by atoms with Crippen LogP contribution < -0.4 is 4.74 Å². The van der Waals surface area contributed by atoms with Crippen molar-refractivity contribution in [3.05, 3.63) is 65.2 Å². The van der Waals surface area contributed by atoms with Crippen LogP contribution in [0.15, 0.2) is 48.2 Å². The molecule has 0 amide bonds. The molecule has 28 heavy (non-hydrogen) atoms. The Bertz CT molecular complexity index is 1120. The molecule has 0 saturated heterocycles. The van der Waals surface area contributed by atoms with E-state index in [9.17, 15) is 15.2 Å². The van der Waals surface area contributed by atoms with E-state index in [1.807, 2.05) is 43.3 Å². The van der Waals surface area contributed by atoms with Gasteiger partial charge in [0, 0.05) is 7.05 Å². The smallest absolute Gasteiger partial charge is 0.342 e. The lowest BCUT2D eigenvalue weighted by Gasteiger charge is -2.10. The number of nitriles is 1. The summed E-state index contributed by atoms with van der Waals surface area (Å²) >= 11 is 0. The van der Waals surface area contributed by atoms with Crippen molar-refractivity contribution < 1.29 is 19.4 Å². The van der Waals surface area contributed by atoms with Crippen LogP contribution in [0, 0.1) is 18.3 Å². The minimum atomic E-state index is -0.658. The lowest BCUT2D eigenvalue weighted by molar-refractivity contribution is 0.0499. The Hall–Kier alpha value is -3.79. The van der Waals surface area contributed by atoms with Gasteiger partial charge in [-0.1, -0.05) is 23.8 Å². The van der Waals surface area contributed by atoms with Gasteiger partial charge in [-0.2, -0.15) is 5.26 Å². The molecular weight excluding hydrogens is 358 g/mol. The summed E-state index contributed by atoms with van der Waals surface area (Å²) in [7, 11) is 3.21. The number of aryl methyl sites for hydroxylation is 2. The Balaban J connectivity index is 1.87. The molecule has 0 radical (unpaired) electrons. The third-order valence-electron chi connectivity index (χ3n) is 4.33. The molecule has 0 saturated carbocycles. The fourth-order valence-corrected chi connectivity index (χ4v) is 2.88.